The van der Waals surface area contributed by atoms with E-state index in [4.69, 9.17) is 18.9 Å². The number of fused-ring (bicyclic) bond motifs is 3. The number of phenolic OH excluding ortho intramolecular Hbond substituents is 1. The third-order valence-corrected chi connectivity index (χ3v) is 7.84. The monoisotopic (exact) mass is 546 g/mol. The quantitative estimate of drug-likeness (QED) is 0.185. The molecule has 0 spiro atoms. The summed E-state index contributed by atoms with van der Waals surface area (Å²) in [6.45, 7) is 4.01. The summed E-state index contributed by atoms with van der Waals surface area (Å²) in [7, 11) is 1.28. The molecule has 0 bridgehead atoms. The lowest BCUT2D eigenvalue weighted by Crippen LogP contribution is -2.60. The maximum Gasteiger partial charge on any atom is 0.337 e. The van der Waals surface area contributed by atoms with Crippen molar-refractivity contribution in [1.29, 1.82) is 0 Å². The van der Waals surface area contributed by atoms with Crippen molar-refractivity contribution in [3.05, 3.63) is 53.9 Å². The van der Waals surface area contributed by atoms with E-state index in [9.17, 15) is 30.3 Å². The first-order chi connectivity index (χ1) is 18.8. The summed E-state index contributed by atoms with van der Waals surface area (Å²) >= 11 is 0. The maximum atomic E-state index is 12.8. The molecular weight excluding hydrogens is 512 g/mol. The maximum absolute atomic E-state index is 12.8. The van der Waals surface area contributed by atoms with E-state index in [0.29, 0.717) is 13.0 Å². The van der Waals surface area contributed by atoms with Crippen LogP contribution in [0, 0.1) is 11.8 Å². The number of hydrogen-bond donors (Lipinski definition) is 7. The van der Waals surface area contributed by atoms with Crippen LogP contribution in [0.15, 0.2) is 42.7 Å². The number of ether oxygens (including phenoxy) is 4. The highest BCUT2D eigenvalue weighted by molar-refractivity contribution is 5.89. The first kappa shape index (κ1) is 27.6. The molecule has 0 amide bonds. The summed E-state index contributed by atoms with van der Waals surface area (Å²) < 4.78 is 22.2. The molecule has 12 heteroatoms. The lowest BCUT2D eigenvalue weighted by molar-refractivity contribution is -0.339. The Labute approximate surface area is 224 Å². The molecule has 0 saturated carbocycles. The van der Waals surface area contributed by atoms with Gasteiger partial charge in [0.05, 0.1) is 25.6 Å². The largest absolute Gasteiger partial charge is 0.508 e. The molecule has 12 nitrogen and oxygen atoms in total. The summed E-state index contributed by atoms with van der Waals surface area (Å²) in [5.41, 5.74) is 3.21. The number of benzene rings is 1. The number of rotatable bonds is 7. The van der Waals surface area contributed by atoms with E-state index in [2.05, 4.69) is 16.9 Å². The highest BCUT2D eigenvalue weighted by atomic mass is 16.8. The zero-order valence-corrected chi connectivity index (χ0v) is 21.4. The van der Waals surface area contributed by atoms with Crippen LogP contribution in [0.2, 0.25) is 0 Å². The van der Waals surface area contributed by atoms with Gasteiger partial charge in [-0.3, -0.25) is 0 Å². The SMILES string of the molecule is C=C[C@H]1[C@H](OC2OC(CO)C(O)C(O)C2O)OC=C(C(=O)OC)[C@H]1C[C@@H]1NCCc2c1[nH]c1ccc(O)cc21. The van der Waals surface area contributed by atoms with Crippen LogP contribution >= 0.6 is 0 Å². The van der Waals surface area contributed by atoms with Crippen molar-refractivity contribution >= 4 is 16.9 Å². The fraction of sp³-hybridized carbons (Fsp3) is 0.519. The van der Waals surface area contributed by atoms with Gasteiger partial charge in [0, 0.05) is 34.5 Å². The minimum atomic E-state index is -1.62. The Bertz CT molecular complexity index is 1240. The molecule has 0 radical (unpaired) electrons. The molecule has 1 aromatic carbocycles. The molecule has 1 saturated heterocycles. The average molecular weight is 547 g/mol. The number of carbonyl (C=O) groups is 1. The van der Waals surface area contributed by atoms with E-state index < -0.39 is 61.4 Å². The number of nitrogens with one attached hydrogen (secondary N) is 2. The zero-order chi connectivity index (χ0) is 27.8. The molecule has 1 aromatic heterocycles. The second-order valence-electron chi connectivity index (χ2n) is 10.1. The van der Waals surface area contributed by atoms with E-state index in [1.165, 1.54) is 13.4 Å². The van der Waals surface area contributed by atoms with Gasteiger partial charge in [-0.25, -0.2) is 4.79 Å². The van der Waals surface area contributed by atoms with Crippen molar-refractivity contribution in [3.8, 4) is 5.75 Å². The number of aromatic amines is 1. The van der Waals surface area contributed by atoms with E-state index in [-0.39, 0.29) is 17.4 Å². The molecule has 3 aliphatic heterocycles. The molecule has 1 fully saturated rings. The summed E-state index contributed by atoms with van der Waals surface area (Å²) in [5.74, 6) is -1.51. The Morgan fingerprint density at radius 2 is 2.00 bits per heavy atom. The molecule has 0 aliphatic carbocycles. The number of hydrogen-bond acceptors (Lipinski definition) is 11. The lowest BCUT2D eigenvalue weighted by atomic mass is 9.78. The summed E-state index contributed by atoms with van der Waals surface area (Å²) in [4.78, 5) is 16.2. The molecule has 9 atom stereocenters. The van der Waals surface area contributed by atoms with Crippen molar-refractivity contribution < 1.29 is 49.3 Å². The number of phenols is 1. The van der Waals surface area contributed by atoms with Crippen LogP contribution in [0.5, 0.6) is 5.75 Å². The number of aliphatic hydroxyl groups is 4. The van der Waals surface area contributed by atoms with Crippen LogP contribution in [0.4, 0.5) is 0 Å². The molecule has 5 rings (SSSR count). The molecule has 3 aliphatic rings. The van der Waals surface area contributed by atoms with Gasteiger partial charge < -0.3 is 54.8 Å². The molecular formula is C27H34N2O10. The number of methoxy groups -OCH3 is 1. The van der Waals surface area contributed by atoms with Crippen LogP contribution in [0.25, 0.3) is 10.9 Å². The van der Waals surface area contributed by atoms with Gasteiger partial charge in [-0.1, -0.05) is 6.08 Å². The van der Waals surface area contributed by atoms with Gasteiger partial charge in [0.25, 0.3) is 0 Å². The van der Waals surface area contributed by atoms with Gasteiger partial charge in [-0.2, -0.15) is 0 Å². The summed E-state index contributed by atoms with van der Waals surface area (Å²) in [5, 5.41) is 54.7. The fourth-order valence-electron chi connectivity index (χ4n) is 5.78. The lowest BCUT2D eigenvalue weighted by Gasteiger charge is -2.43. The molecule has 7 N–H and O–H groups in total. The first-order valence-electron chi connectivity index (χ1n) is 12.9. The van der Waals surface area contributed by atoms with Gasteiger partial charge in [-0.15, -0.1) is 6.58 Å². The van der Waals surface area contributed by atoms with Crippen LogP contribution in [0.3, 0.4) is 0 Å². The number of esters is 1. The normalized spacial score (nSPS) is 34.6. The topological polar surface area (TPSA) is 183 Å². The van der Waals surface area contributed by atoms with Crippen molar-refractivity contribution in [2.45, 2.75) is 55.9 Å². The average Bonchev–Trinajstić information content (AvgIpc) is 3.31. The Kier molecular flexibility index (Phi) is 7.96. The van der Waals surface area contributed by atoms with Crippen molar-refractivity contribution in [3.63, 3.8) is 0 Å². The van der Waals surface area contributed by atoms with E-state index in [0.717, 1.165) is 28.6 Å². The zero-order valence-electron chi connectivity index (χ0n) is 21.4. The van der Waals surface area contributed by atoms with Crippen molar-refractivity contribution in [1.82, 2.24) is 10.3 Å². The molecule has 2 aromatic rings. The second-order valence-corrected chi connectivity index (χ2v) is 10.1. The standard InChI is InChI=1S/C27H34N2O10/c1-3-13-15(9-19-21-14(6-7-28-19)16-8-12(31)4-5-18(16)29-21)17(25(35)36-2)11-37-26(13)39-27-24(34)23(33)22(32)20(10-30)38-27/h3-5,8,11,13,15,19-20,22-24,26-34H,1,6-7,9-10H2,2H3/t13-,15+,19+,20?,22?,23?,24?,26+,27?/m1/s1. The van der Waals surface area contributed by atoms with Gasteiger partial charge in [-0.05, 0) is 43.1 Å². The predicted octanol–water partition coefficient (Wildman–Crippen LogP) is 0.0985. The van der Waals surface area contributed by atoms with Crippen molar-refractivity contribution in [2.24, 2.45) is 11.8 Å². The predicted molar refractivity (Wildman–Crippen MR) is 136 cm³/mol. The smallest absolute Gasteiger partial charge is 0.337 e. The third kappa shape index (κ3) is 5.05. The first-order valence-corrected chi connectivity index (χ1v) is 12.9. The molecule has 4 heterocycles. The van der Waals surface area contributed by atoms with E-state index >= 15 is 0 Å². The Morgan fingerprint density at radius 1 is 1.21 bits per heavy atom. The highest BCUT2D eigenvalue weighted by Crippen LogP contribution is 2.42. The number of aromatic hydroxyl groups is 1. The van der Waals surface area contributed by atoms with Crippen LogP contribution in [-0.2, 0) is 30.2 Å². The number of carbonyl (C=O) groups excluding carboxylic acids is 1. The minimum Gasteiger partial charge on any atom is -0.508 e. The van der Waals surface area contributed by atoms with Gasteiger partial charge in [0.15, 0.2) is 6.29 Å². The van der Waals surface area contributed by atoms with Crippen LogP contribution < -0.4 is 5.32 Å². The summed E-state index contributed by atoms with van der Waals surface area (Å²) in [6, 6.07) is 4.98. The Morgan fingerprint density at radius 3 is 2.72 bits per heavy atom. The van der Waals surface area contributed by atoms with Gasteiger partial charge >= 0.3 is 5.97 Å². The highest BCUT2D eigenvalue weighted by Gasteiger charge is 2.48. The van der Waals surface area contributed by atoms with Gasteiger partial charge in [0.2, 0.25) is 6.29 Å². The van der Waals surface area contributed by atoms with Gasteiger partial charge in [0.1, 0.15) is 30.2 Å². The second kappa shape index (κ2) is 11.3. The molecule has 5 unspecified atom stereocenters. The van der Waals surface area contributed by atoms with E-state index in [1.54, 1.807) is 18.2 Å². The fourth-order valence-corrected chi connectivity index (χ4v) is 5.78. The number of aromatic nitrogens is 1. The Hall–Kier alpha value is -2.97. The van der Waals surface area contributed by atoms with E-state index in [1.807, 2.05) is 6.07 Å². The molecule has 212 valence electrons. The Balaban J connectivity index is 1.43. The number of H-pyrrole nitrogens is 1. The van der Waals surface area contributed by atoms with Crippen LogP contribution in [-0.4, -0.2) is 93.7 Å². The minimum absolute atomic E-state index is 0.180. The van der Waals surface area contributed by atoms with Crippen molar-refractivity contribution in [2.75, 3.05) is 20.3 Å². The van der Waals surface area contributed by atoms with Crippen LogP contribution in [0.1, 0.15) is 23.7 Å². The number of aliphatic hydroxyl groups excluding tert-OH is 4. The third-order valence-electron chi connectivity index (χ3n) is 7.84. The molecule has 39 heavy (non-hydrogen) atoms. The summed E-state index contributed by atoms with van der Waals surface area (Å²) in [6.07, 6.45) is -4.40.